The van der Waals surface area contributed by atoms with Gasteiger partial charge in [-0.15, -0.1) is 0 Å². The number of halogens is 4. The number of carbonyl (C=O) groups excluding carboxylic acids is 1. The maximum Gasteiger partial charge on any atom is 0.411 e. The van der Waals surface area contributed by atoms with Gasteiger partial charge in [-0.2, -0.15) is 13.2 Å². The standard InChI is InChI=1S/C12H12ClF3O5S/c1-20-11(17)7-3-4-9(22(2,18)19)8(10(7)13)5-21-6-12(14,15)16/h3-4H,5-6H2,1-2H3. The van der Waals surface area contributed by atoms with Crippen LogP contribution in [0.5, 0.6) is 0 Å². The molecule has 1 rings (SSSR count). The molecule has 0 saturated carbocycles. The predicted octanol–water partition coefficient (Wildman–Crippen LogP) is 2.61. The first kappa shape index (κ1) is 18.7. The largest absolute Gasteiger partial charge is 0.465 e. The topological polar surface area (TPSA) is 69.7 Å². The number of rotatable bonds is 5. The maximum atomic E-state index is 12.1. The van der Waals surface area contributed by atoms with E-state index >= 15 is 0 Å². The average molecular weight is 361 g/mol. The van der Waals surface area contributed by atoms with E-state index in [1.807, 2.05) is 0 Å². The van der Waals surface area contributed by atoms with Crippen LogP contribution in [0.3, 0.4) is 0 Å². The highest BCUT2D eigenvalue weighted by molar-refractivity contribution is 7.90. The Labute approximate surface area is 129 Å². The molecule has 5 nitrogen and oxygen atoms in total. The summed E-state index contributed by atoms with van der Waals surface area (Å²) in [6.07, 6.45) is -3.71. The summed E-state index contributed by atoms with van der Waals surface area (Å²) in [5, 5.41) is -0.322. The second-order valence-corrected chi connectivity index (χ2v) is 6.64. The van der Waals surface area contributed by atoms with Gasteiger partial charge in [0.15, 0.2) is 9.84 Å². The molecule has 0 aliphatic carbocycles. The third-order valence-corrected chi connectivity index (χ3v) is 4.13. The van der Waals surface area contributed by atoms with E-state index in [4.69, 9.17) is 11.6 Å². The molecular weight excluding hydrogens is 349 g/mol. The molecule has 0 unspecified atom stereocenters. The summed E-state index contributed by atoms with van der Waals surface area (Å²) in [7, 11) is -2.68. The number of hydrogen-bond acceptors (Lipinski definition) is 5. The molecule has 0 aliphatic rings. The molecule has 10 heteroatoms. The van der Waals surface area contributed by atoms with E-state index in [2.05, 4.69) is 9.47 Å². The number of ether oxygens (including phenoxy) is 2. The quantitative estimate of drug-likeness (QED) is 0.755. The van der Waals surface area contributed by atoms with Crippen molar-refractivity contribution in [2.24, 2.45) is 0 Å². The first-order valence-electron chi connectivity index (χ1n) is 5.71. The van der Waals surface area contributed by atoms with Gasteiger partial charge >= 0.3 is 12.1 Å². The number of esters is 1. The monoisotopic (exact) mass is 360 g/mol. The van der Waals surface area contributed by atoms with Gasteiger partial charge in [0.2, 0.25) is 0 Å². The molecule has 124 valence electrons. The van der Waals surface area contributed by atoms with Gasteiger partial charge in [0, 0.05) is 11.8 Å². The Hall–Kier alpha value is -1.32. The fourth-order valence-electron chi connectivity index (χ4n) is 1.62. The zero-order chi connectivity index (χ0) is 17.1. The van der Waals surface area contributed by atoms with Gasteiger partial charge in [-0.1, -0.05) is 11.6 Å². The van der Waals surface area contributed by atoms with E-state index < -0.39 is 35.2 Å². The number of carbonyl (C=O) groups is 1. The number of benzene rings is 1. The van der Waals surface area contributed by atoms with Crippen molar-refractivity contribution in [3.8, 4) is 0 Å². The van der Waals surface area contributed by atoms with E-state index in [0.29, 0.717) is 0 Å². The highest BCUT2D eigenvalue weighted by Crippen LogP contribution is 2.29. The lowest BCUT2D eigenvalue weighted by molar-refractivity contribution is -0.176. The van der Waals surface area contributed by atoms with E-state index in [9.17, 15) is 26.4 Å². The number of hydrogen-bond donors (Lipinski definition) is 0. The van der Waals surface area contributed by atoms with Gasteiger partial charge in [0.1, 0.15) is 6.61 Å². The minimum atomic E-state index is -4.57. The summed E-state index contributed by atoms with van der Waals surface area (Å²) in [5.74, 6) is -0.845. The zero-order valence-corrected chi connectivity index (χ0v) is 13.1. The highest BCUT2D eigenvalue weighted by Gasteiger charge is 2.29. The van der Waals surface area contributed by atoms with E-state index in [0.717, 1.165) is 25.5 Å². The molecule has 0 heterocycles. The Kier molecular flexibility index (Phi) is 5.82. The molecule has 0 radical (unpaired) electrons. The van der Waals surface area contributed by atoms with Crippen LogP contribution in [0.1, 0.15) is 15.9 Å². The summed E-state index contributed by atoms with van der Waals surface area (Å²) in [5.41, 5.74) is -0.390. The van der Waals surface area contributed by atoms with Crippen LogP contribution in [0.4, 0.5) is 13.2 Å². The number of alkyl halides is 3. The second-order valence-electron chi connectivity index (χ2n) is 4.28. The number of methoxy groups -OCH3 is 1. The highest BCUT2D eigenvalue weighted by atomic mass is 35.5. The molecule has 0 N–H and O–H groups in total. The summed E-state index contributed by atoms with van der Waals surface area (Å²) >= 11 is 5.92. The Bertz CT molecular complexity index is 670. The fourth-order valence-corrected chi connectivity index (χ4v) is 2.90. The normalized spacial score (nSPS) is 12.3. The van der Waals surface area contributed by atoms with Crippen molar-refractivity contribution >= 4 is 27.4 Å². The lowest BCUT2D eigenvalue weighted by atomic mass is 10.1. The second kappa shape index (κ2) is 6.84. The molecule has 0 amide bonds. The first-order valence-corrected chi connectivity index (χ1v) is 7.98. The van der Waals surface area contributed by atoms with Crippen LogP contribution in [-0.2, 0) is 25.9 Å². The molecule has 0 atom stereocenters. The van der Waals surface area contributed by atoms with Gasteiger partial charge in [-0.05, 0) is 12.1 Å². The third-order valence-electron chi connectivity index (χ3n) is 2.52. The zero-order valence-electron chi connectivity index (χ0n) is 11.5. The first-order chi connectivity index (χ1) is 9.97. The Balaban J connectivity index is 3.27. The van der Waals surface area contributed by atoms with Crippen molar-refractivity contribution in [3.05, 3.63) is 28.3 Å². The van der Waals surface area contributed by atoms with Crippen molar-refractivity contribution in [1.82, 2.24) is 0 Å². The number of sulfone groups is 1. The van der Waals surface area contributed by atoms with Crippen molar-refractivity contribution in [2.75, 3.05) is 20.0 Å². The van der Waals surface area contributed by atoms with Crippen LogP contribution in [0.2, 0.25) is 5.02 Å². The fraction of sp³-hybridized carbons (Fsp3) is 0.417. The minimum Gasteiger partial charge on any atom is -0.465 e. The smallest absolute Gasteiger partial charge is 0.411 e. The summed E-state index contributed by atoms with van der Waals surface area (Å²) in [6, 6.07) is 2.19. The van der Waals surface area contributed by atoms with Crippen LogP contribution in [0.25, 0.3) is 0 Å². The van der Waals surface area contributed by atoms with E-state index in [1.54, 1.807) is 0 Å². The van der Waals surface area contributed by atoms with Crippen molar-refractivity contribution in [1.29, 1.82) is 0 Å². The van der Waals surface area contributed by atoms with Gasteiger partial charge in [0.05, 0.1) is 29.2 Å². The minimum absolute atomic E-state index is 0.165. The van der Waals surface area contributed by atoms with Crippen LogP contribution >= 0.6 is 11.6 Å². The third kappa shape index (κ3) is 4.85. The molecule has 0 aromatic heterocycles. The molecule has 0 aliphatic heterocycles. The molecule has 1 aromatic rings. The van der Waals surface area contributed by atoms with E-state index in [-0.39, 0.29) is 21.0 Å². The van der Waals surface area contributed by atoms with Crippen LogP contribution < -0.4 is 0 Å². The Morgan fingerprint density at radius 1 is 1.32 bits per heavy atom. The predicted molar refractivity (Wildman–Crippen MR) is 71.6 cm³/mol. The van der Waals surface area contributed by atoms with Gasteiger partial charge < -0.3 is 9.47 Å². The van der Waals surface area contributed by atoms with Crippen molar-refractivity contribution < 1.29 is 35.9 Å². The molecule has 0 spiro atoms. The average Bonchev–Trinajstić information content (AvgIpc) is 2.36. The van der Waals surface area contributed by atoms with Crippen LogP contribution in [-0.4, -0.2) is 40.5 Å². The molecule has 0 fully saturated rings. The maximum absolute atomic E-state index is 12.1. The molecule has 0 bridgehead atoms. The lowest BCUT2D eigenvalue weighted by Crippen LogP contribution is -2.18. The van der Waals surface area contributed by atoms with Gasteiger partial charge in [0.25, 0.3) is 0 Å². The molecule has 22 heavy (non-hydrogen) atoms. The van der Waals surface area contributed by atoms with Gasteiger partial charge in [-0.3, -0.25) is 0 Å². The van der Waals surface area contributed by atoms with Crippen LogP contribution in [0.15, 0.2) is 17.0 Å². The summed E-state index contributed by atoms with van der Waals surface area (Å²) in [4.78, 5) is 11.2. The lowest BCUT2D eigenvalue weighted by Gasteiger charge is -2.14. The molecule has 1 aromatic carbocycles. The SMILES string of the molecule is COC(=O)c1ccc(S(C)(=O)=O)c(COCC(F)(F)F)c1Cl. The van der Waals surface area contributed by atoms with Crippen molar-refractivity contribution in [2.45, 2.75) is 17.7 Å². The summed E-state index contributed by atoms with van der Waals surface area (Å²) in [6.45, 7) is -2.29. The Morgan fingerprint density at radius 2 is 1.91 bits per heavy atom. The molecular formula is C12H12ClF3O5S. The van der Waals surface area contributed by atoms with E-state index in [1.165, 1.54) is 0 Å². The van der Waals surface area contributed by atoms with Gasteiger partial charge in [-0.25, -0.2) is 13.2 Å². The summed E-state index contributed by atoms with van der Waals surface area (Å²) < 4.78 is 68.5. The van der Waals surface area contributed by atoms with Crippen LogP contribution in [0, 0.1) is 0 Å². The Morgan fingerprint density at radius 3 is 2.36 bits per heavy atom. The molecule has 0 saturated heterocycles. The van der Waals surface area contributed by atoms with Crippen molar-refractivity contribution in [3.63, 3.8) is 0 Å².